The maximum absolute atomic E-state index is 13.1. The molecule has 0 radical (unpaired) electrons. The molecule has 1 heterocycles. The van der Waals surface area contributed by atoms with E-state index in [0.717, 1.165) is 4.90 Å². The molecule has 0 unspecified atom stereocenters. The van der Waals surface area contributed by atoms with Gasteiger partial charge in [0, 0.05) is 11.3 Å². The molecule has 0 atom stereocenters. The number of anilines is 2. The Morgan fingerprint density at radius 2 is 1.40 bits per heavy atom. The third-order valence-electron chi connectivity index (χ3n) is 5.40. The van der Waals surface area contributed by atoms with Crippen LogP contribution in [0.1, 0.15) is 31.1 Å². The standard InChI is InChI=1S/C27H16Cl2N2O4/c28-23-13-7-17(15-24(23)29)30-25(32)16-6-12-21-22(14-16)27(34)31(26(21)33)18-8-10-20(11-9-18)35-19-4-2-1-3-5-19/h1-15H,(H,30,32). The molecule has 35 heavy (non-hydrogen) atoms. The van der Waals surface area contributed by atoms with Crippen LogP contribution in [-0.4, -0.2) is 17.7 Å². The van der Waals surface area contributed by atoms with Crippen molar-refractivity contribution in [2.45, 2.75) is 0 Å². The normalized spacial score (nSPS) is 12.5. The molecule has 1 aliphatic heterocycles. The van der Waals surface area contributed by atoms with Crippen molar-refractivity contribution in [3.63, 3.8) is 0 Å². The van der Waals surface area contributed by atoms with Gasteiger partial charge in [0.15, 0.2) is 0 Å². The summed E-state index contributed by atoms with van der Waals surface area (Å²) in [6, 6.07) is 25.0. The highest BCUT2D eigenvalue weighted by Crippen LogP contribution is 2.32. The van der Waals surface area contributed by atoms with Crippen molar-refractivity contribution in [1.29, 1.82) is 0 Å². The van der Waals surface area contributed by atoms with Crippen LogP contribution in [-0.2, 0) is 0 Å². The monoisotopic (exact) mass is 502 g/mol. The number of benzene rings is 4. The van der Waals surface area contributed by atoms with E-state index in [2.05, 4.69) is 5.32 Å². The second-order valence-electron chi connectivity index (χ2n) is 7.70. The lowest BCUT2D eigenvalue weighted by Crippen LogP contribution is -2.29. The summed E-state index contributed by atoms with van der Waals surface area (Å²) in [7, 11) is 0. The van der Waals surface area contributed by atoms with E-state index in [0.29, 0.717) is 32.9 Å². The number of nitrogens with zero attached hydrogens (tertiary/aromatic N) is 1. The van der Waals surface area contributed by atoms with E-state index in [9.17, 15) is 14.4 Å². The first kappa shape index (κ1) is 22.7. The van der Waals surface area contributed by atoms with Gasteiger partial charge in [0.1, 0.15) is 11.5 Å². The van der Waals surface area contributed by atoms with Gasteiger partial charge in [-0.15, -0.1) is 0 Å². The Kier molecular flexibility index (Phi) is 5.99. The second kappa shape index (κ2) is 9.25. The van der Waals surface area contributed by atoms with E-state index in [1.165, 1.54) is 24.3 Å². The molecule has 4 aromatic rings. The topological polar surface area (TPSA) is 75.7 Å². The van der Waals surface area contributed by atoms with E-state index >= 15 is 0 Å². The number of hydrogen-bond acceptors (Lipinski definition) is 4. The Bertz CT molecular complexity index is 1470. The van der Waals surface area contributed by atoms with Crippen LogP contribution in [0.25, 0.3) is 0 Å². The Balaban J connectivity index is 1.35. The second-order valence-corrected chi connectivity index (χ2v) is 8.51. The van der Waals surface area contributed by atoms with Gasteiger partial charge < -0.3 is 10.1 Å². The summed E-state index contributed by atoms with van der Waals surface area (Å²) < 4.78 is 5.77. The van der Waals surface area contributed by atoms with E-state index in [1.807, 2.05) is 30.3 Å². The van der Waals surface area contributed by atoms with Crippen LogP contribution in [0.3, 0.4) is 0 Å². The average Bonchev–Trinajstić information content (AvgIpc) is 3.12. The number of carbonyl (C=O) groups excluding carboxylic acids is 3. The van der Waals surface area contributed by atoms with Gasteiger partial charge in [-0.3, -0.25) is 14.4 Å². The average molecular weight is 503 g/mol. The Morgan fingerprint density at radius 3 is 2.11 bits per heavy atom. The van der Waals surface area contributed by atoms with Gasteiger partial charge in [-0.25, -0.2) is 4.90 Å². The Labute approximate surface area is 210 Å². The number of fused-ring (bicyclic) bond motifs is 1. The van der Waals surface area contributed by atoms with Crippen molar-refractivity contribution >= 4 is 52.3 Å². The van der Waals surface area contributed by atoms with Crippen LogP contribution in [0.15, 0.2) is 91.0 Å². The number of para-hydroxylation sites is 1. The van der Waals surface area contributed by atoms with Crippen molar-refractivity contribution in [3.8, 4) is 11.5 Å². The minimum absolute atomic E-state index is 0.154. The highest BCUT2D eigenvalue weighted by atomic mass is 35.5. The molecule has 6 nitrogen and oxygen atoms in total. The third kappa shape index (κ3) is 4.49. The van der Waals surface area contributed by atoms with Crippen LogP contribution in [0.5, 0.6) is 11.5 Å². The van der Waals surface area contributed by atoms with Gasteiger partial charge in [-0.1, -0.05) is 41.4 Å². The van der Waals surface area contributed by atoms with Crippen molar-refractivity contribution < 1.29 is 19.1 Å². The molecule has 0 bridgehead atoms. The zero-order valence-corrected chi connectivity index (χ0v) is 19.5. The van der Waals surface area contributed by atoms with Crippen molar-refractivity contribution in [3.05, 3.63) is 118 Å². The predicted molar refractivity (Wildman–Crippen MR) is 135 cm³/mol. The molecule has 8 heteroatoms. The van der Waals surface area contributed by atoms with E-state index < -0.39 is 17.7 Å². The molecule has 0 spiro atoms. The minimum Gasteiger partial charge on any atom is -0.457 e. The van der Waals surface area contributed by atoms with Crippen LogP contribution in [0, 0.1) is 0 Å². The zero-order valence-electron chi connectivity index (χ0n) is 18.0. The largest absolute Gasteiger partial charge is 0.457 e. The molecular formula is C27H16Cl2N2O4. The number of rotatable bonds is 5. The van der Waals surface area contributed by atoms with Gasteiger partial charge >= 0.3 is 0 Å². The fourth-order valence-electron chi connectivity index (χ4n) is 3.68. The summed E-state index contributed by atoms with van der Waals surface area (Å²) in [6.45, 7) is 0. The van der Waals surface area contributed by atoms with E-state index in [4.69, 9.17) is 27.9 Å². The molecule has 0 saturated heterocycles. The molecule has 0 fully saturated rings. The number of imide groups is 1. The summed E-state index contributed by atoms with van der Waals surface area (Å²) in [5.74, 6) is -0.179. The number of nitrogens with one attached hydrogen (secondary N) is 1. The number of carbonyl (C=O) groups is 3. The maximum Gasteiger partial charge on any atom is 0.266 e. The first-order valence-corrected chi connectivity index (χ1v) is 11.3. The Morgan fingerprint density at radius 1 is 0.714 bits per heavy atom. The summed E-state index contributed by atoms with van der Waals surface area (Å²) >= 11 is 11.9. The molecule has 1 aliphatic rings. The highest BCUT2D eigenvalue weighted by molar-refractivity contribution is 6.42. The van der Waals surface area contributed by atoms with E-state index in [-0.39, 0.29) is 16.7 Å². The summed E-state index contributed by atoms with van der Waals surface area (Å²) in [6.07, 6.45) is 0. The molecule has 4 aromatic carbocycles. The minimum atomic E-state index is -0.508. The van der Waals surface area contributed by atoms with Gasteiger partial charge in [0.25, 0.3) is 17.7 Å². The summed E-state index contributed by atoms with van der Waals surface area (Å²) in [4.78, 5) is 39.9. The molecule has 0 aromatic heterocycles. The molecule has 3 amide bonds. The van der Waals surface area contributed by atoms with Gasteiger partial charge in [0.05, 0.1) is 26.9 Å². The first-order valence-electron chi connectivity index (χ1n) is 10.5. The van der Waals surface area contributed by atoms with E-state index in [1.54, 1.807) is 36.4 Å². The number of halogens is 2. The zero-order chi connectivity index (χ0) is 24.5. The number of amides is 3. The smallest absolute Gasteiger partial charge is 0.266 e. The third-order valence-corrected chi connectivity index (χ3v) is 6.14. The first-order chi connectivity index (χ1) is 16.9. The SMILES string of the molecule is O=C(Nc1ccc(Cl)c(Cl)c1)c1ccc2c(c1)C(=O)N(c1ccc(Oc3ccccc3)cc1)C2=O. The number of hydrogen-bond donors (Lipinski definition) is 1. The fraction of sp³-hybridized carbons (Fsp3) is 0. The highest BCUT2D eigenvalue weighted by Gasteiger charge is 2.37. The van der Waals surface area contributed by atoms with Crippen LogP contribution in [0.4, 0.5) is 11.4 Å². The molecule has 5 rings (SSSR count). The van der Waals surface area contributed by atoms with Crippen molar-refractivity contribution in [2.24, 2.45) is 0 Å². The molecular weight excluding hydrogens is 487 g/mol. The predicted octanol–water partition coefficient (Wildman–Crippen LogP) is 6.84. The fourth-order valence-corrected chi connectivity index (χ4v) is 3.98. The Hall–Kier alpha value is -4.13. The molecule has 0 aliphatic carbocycles. The van der Waals surface area contributed by atoms with Crippen LogP contribution in [0.2, 0.25) is 10.0 Å². The van der Waals surface area contributed by atoms with Crippen molar-refractivity contribution in [1.82, 2.24) is 0 Å². The lowest BCUT2D eigenvalue weighted by Gasteiger charge is -2.14. The van der Waals surface area contributed by atoms with Gasteiger partial charge in [-0.05, 0) is 72.8 Å². The number of ether oxygens (including phenoxy) is 1. The van der Waals surface area contributed by atoms with Gasteiger partial charge in [0.2, 0.25) is 0 Å². The molecule has 0 saturated carbocycles. The lowest BCUT2D eigenvalue weighted by atomic mass is 10.1. The quantitative estimate of drug-likeness (QED) is 0.303. The van der Waals surface area contributed by atoms with Crippen LogP contribution >= 0.6 is 23.2 Å². The maximum atomic E-state index is 13.1. The van der Waals surface area contributed by atoms with Crippen molar-refractivity contribution in [2.75, 3.05) is 10.2 Å². The lowest BCUT2D eigenvalue weighted by molar-refractivity contribution is 0.0925. The van der Waals surface area contributed by atoms with Gasteiger partial charge in [-0.2, -0.15) is 0 Å². The molecule has 1 N–H and O–H groups in total. The molecule has 172 valence electrons. The summed E-state index contributed by atoms with van der Waals surface area (Å²) in [5, 5.41) is 3.37. The van der Waals surface area contributed by atoms with Crippen LogP contribution < -0.4 is 15.0 Å². The summed E-state index contributed by atoms with van der Waals surface area (Å²) in [5.41, 5.74) is 1.46.